The van der Waals surface area contributed by atoms with Gasteiger partial charge in [-0.05, 0) is 31.7 Å². The lowest BCUT2D eigenvalue weighted by atomic mass is 10.1. The molecule has 2 rings (SSSR count). The van der Waals surface area contributed by atoms with Crippen LogP contribution in [-0.4, -0.2) is 24.0 Å². The second-order valence-electron chi connectivity index (χ2n) is 3.38. The first-order valence-electron chi connectivity index (χ1n) is 4.09. The van der Waals surface area contributed by atoms with Gasteiger partial charge in [0.25, 0.3) is 0 Å². The van der Waals surface area contributed by atoms with E-state index in [4.69, 9.17) is 6.42 Å². The monoisotopic (exact) mass is 135 g/mol. The minimum absolute atomic E-state index is 0.876. The number of hydrogen-bond donors (Lipinski definition) is 0. The van der Waals surface area contributed by atoms with Gasteiger partial charge in [-0.1, -0.05) is 5.92 Å². The molecule has 0 aromatic carbocycles. The largest absolute Gasteiger partial charge is 0.289 e. The SMILES string of the molecule is C#CCN1CCCC2CC21. The van der Waals surface area contributed by atoms with Crippen LogP contribution in [-0.2, 0) is 0 Å². The molecule has 0 radical (unpaired) electrons. The molecule has 1 aliphatic carbocycles. The van der Waals surface area contributed by atoms with Crippen LogP contribution >= 0.6 is 0 Å². The molecular formula is C9H13N. The van der Waals surface area contributed by atoms with Gasteiger partial charge in [-0.25, -0.2) is 0 Å². The molecule has 0 spiro atoms. The molecule has 1 saturated carbocycles. The van der Waals surface area contributed by atoms with E-state index in [1.54, 1.807) is 0 Å². The Bertz CT molecular complexity index is 168. The number of hydrogen-bond acceptors (Lipinski definition) is 1. The third-order valence-corrected chi connectivity index (χ3v) is 2.67. The van der Waals surface area contributed by atoms with E-state index in [0.29, 0.717) is 0 Å². The van der Waals surface area contributed by atoms with Crippen molar-refractivity contribution in [3.8, 4) is 12.3 Å². The maximum Gasteiger partial charge on any atom is 0.0601 e. The van der Waals surface area contributed by atoms with E-state index in [1.165, 1.54) is 25.8 Å². The van der Waals surface area contributed by atoms with Crippen molar-refractivity contribution in [2.45, 2.75) is 25.3 Å². The van der Waals surface area contributed by atoms with E-state index in [9.17, 15) is 0 Å². The zero-order valence-corrected chi connectivity index (χ0v) is 6.21. The van der Waals surface area contributed by atoms with Gasteiger partial charge in [0.1, 0.15) is 0 Å². The lowest BCUT2D eigenvalue weighted by Gasteiger charge is -2.23. The number of rotatable bonds is 1. The van der Waals surface area contributed by atoms with Crippen molar-refractivity contribution >= 4 is 0 Å². The summed E-state index contributed by atoms with van der Waals surface area (Å²) in [5.41, 5.74) is 0. The maximum absolute atomic E-state index is 5.25. The van der Waals surface area contributed by atoms with Crippen molar-refractivity contribution in [1.82, 2.24) is 4.90 Å². The Hall–Kier alpha value is -0.480. The summed E-state index contributed by atoms with van der Waals surface area (Å²) in [5, 5.41) is 0. The van der Waals surface area contributed by atoms with E-state index in [-0.39, 0.29) is 0 Å². The molecule has 2 aliphatic rings. The number of fused-ring (bicyclic) bond motifs is 1. The molecule has 2 unspecified atom stereocenters. The van der Waals surface area contributed by atoms with Gasteiger partial charge in [-0.2, -0.15) is 0 Å². The molecule has 1 heterocycles. The summed E-state index contributed by atoms with van der Waals surface area (Å²) in [5.74, 6) is 3.74. The molecule has 1 nitrogen and oxygen atoms in total. The average molecular weight is 135 g/mol. The third-order valence-electron chi connectivity index (χ3n) is 2.67. The molecule has 0 bridgehead atoms. The second-order valence-corrected chi connectivity index (χ2v) is 3.38. The van der Waals surface area contributed by atoms with E-state index in [2.05, 4.69) is 10.8 Å². The highest BCUT2D eigenvalue weighted by Crippen LogP contribution is 2.42. The lowest BCUT2D eigenvalue weighted by molar-refractivity contribution is 0.241. The standard InChI is InChI=1S/C9H13N/c1-2-5-10-6-3-4-8-7-9(8)10/h1,8-9H,3-7H2. The number of terminal acetylenes is 1. The van der Waals surface area contributed by atoms with Crippen LogP contribution in [0.3, 0.4) is 0 Å². The minimum atomic E-state index is 0.876. The highest BCUT2D eigenvalue weighted by Gasteiger charge is 2.43. The van der Waals surface area contributed by atoms with Crippen molar-refractivity contribution in [3.63, 3.8) is 0 Å². The third kappa shape index (κ3) is 0.932. The van der Waals surface area contributed by atoms with Crippen LogP contribution in [0.25, 0.3) is 0 Å². The van der Waals surface area contributed by atoms with Crippen LogP contribution in [0.1, 0.15) is 19.3 Å². The average Bonchev–Trinajstić information content (AvgIpc) is 2.67. The number of nitrogens with zero attached hydrogens (tertiary/aromatic N) is 1. The van der Waals surface area contributed by atoms with Crippen molar-refractivity contribution in [2.75, 3.05) is 13.1 Å². The fourth-order valence-electron chi connectivity index (χ4n) is 2.03. The van der Waals surface area contributed by atoms with Crippen LogP contribution < -0.4 is 0 Å². The molecule has 0 aromatic heterocycles. The highest BCUT2D eigenvalue weighted by molar-refractivity contribution is 5.02. The fourth-order valence-corrected chi connectivity index (χ4v) is 2.03. The van der Waals surface area contributed by atoms with Crippen molar-refractivity contribution < 1.29 is 0 Å². The first-order chi connectivity index (χ1) is 4.92. The smallest absolute Gasteiger partial charge is 0.0601 e. The molecule has 2 atom stereocenters. The van der Waals surface area contributed by atoms with Crippen LogP contribution in [0, 0.1) is 18.3 Å². The van der Waals surface area contributed by atoms with Crippen LogP contribution in [0.15, 0.2) is 0 Å². The summed E-state index contributed by atoms with van der Waals surface area (Å²) >= 11 is 0. The first kappa shape index (κ1) is 6.24. The summed E-state index contributed by atoms with van der Waals surface area (Å²) in [7, 11) is 0. The Kier molecular flexibility index (Phi) is 1.43. The summed E-state index contributed by atoms with van der Waals surface area (Å²) in [4.78, 5) is 2.45. The quantitative estimate of drug-likeness (QED) is 0.487. The van der Waals surface area contributed by atoms with Gasteiger partial charge < -0.3 is 0 Å². The molecule has 1 heteroatoms. The van der Waals surface area contributed by atoms with Crippen LogP contribution in [0.4, 0.5) is 0 Å². The molecule has 1 aliphatic heterocycles. The lowest BCUT2D eigenvalue weighted by Crippen LogP contribution is -2.31. The summed E-state index contributed by atoms with van der Waals surface area (Å²) in [6.45, 7) is 2.12. The first-order valence-corrected chi connectivity index (χ1v) is 4.09. The van der Waals surface area contributed by atoms with Crippen molar-refractivity contribution in [3.05, 3.63) is 0 Å². The molecule has 0 amide bonds. The summed E-state index contributed by atoms with van der Waals surface area (Å²) in [6, 6.07) is 0.879. The van der Waals surface area contributed by atoms with Crippen molar-refractivity contribution in [2.24, 2.45) is 5.92 Å². The molecular weight excluding hydrogens is 122 g/mol. The van der Waals surface area contributed by atoms with Gasteiger partial charge >= 0.3 is 0 Å². The Morgan fingerprint density at radius 1 is 1.60 bits per heavy atom. The summed E-state index contributed by atoms with van der Waals surface area (Å²) < 4.78 is 0. The molecule has 54 valence electrons. The minimum Gasteiger partial charge on any atom is -0.289 e. The van der Waals surface area contributed by atoms with Gasteiger partial charge in [0, 0.05) is 6.04 Å². The molecule has 2 fully saturated rings. The predicted molar refractivity (Wildman–Crippen MR) is 41.5 cm³/mol. The Morgan fingerprint density at radius 3 is 3.30 bits per heavy atom. The van der Waals surface area contributed by atoms with E-state index in [0.717, 1.165) is 18.5 Å². The Labute approximate surface area is 62.4 Å². The van der Waals surface area contributed by atoms with Gasteiger partial charge in [0.2, 0.25) is 0 Å². The van der Waals surface area contributed by atoms with Gasteiger partial charge in [0.15, 0.2) is 0 Å². The second kappa shape index (κ2) is 2.29. The van der Waals surface area contributed by atoms with Crippen LogP contribution in [0.5, 0.6) is 0 Å². The van der Waals surface area contributed by atoms with Crippen molar-refractivity contribution in [1.29, 1.82) is 0 Å². The van der Waals surface area contributed by atoms with Gasteiger partial charge in [-0.3, -0.25) is 4.90 Å². The van der Waals surface area contributed by atoms with E-state index < -0.39 is 0 Å². The zero-order chi connectivity index (χ0) is 6.97. The fraction of sp³-hybridized carbons (Fsp3) is 0.778. The molecule has 10 heavy (non-hydrogen) atoms. The number of likely N-dealkylation sites (tertiary alicyclic amines) is 1. The van der Waals surface area contributed by atoms with Gasteiger partial charge in [0.05, 0.1) is 6.54 Å². The van der Waals surface area contributed by atoms with Crippen LogP contribution in [0.2, 0.25) is 0 Å². The van der Waals surface area contributed by atoms with E-state index >= 15 is 0 Å². The topological polar surface area (TPSA) is 3.24 Å². The Balaban J connectivity index is 1.91. The summed E-state index contributed by atoms with van der Waals surface area (Å²) in [6.07, 6.45) is 9.48. The normalized spacial score (nSPS) is 38.3. The maximum atomic E-state index is 5.25. The molecule has 0 N–H and O–H groups in total. The highest BCUT2D eigenvalue weighted by atomic mass is 15.2. The number of piperidine rings is 1. The van der Waals surface area contributed by atoms with E-state index in [1.807, 2.05) is 0 Å². The zero-order valence-electron chi connectivity index (χ0n) is 6.21. The molecule has 0 aromatic rings. The molecule has 1 saturated heterocycles. The Morgan fingerprint density at radius 2 is 2.50 bits per heavy atom. The van der Waals surface area contributed by atoms with Gasteiger partial charge in [-0.15, -0.1) is 6.42 Å². The predicted octanol–water partition coefficient (Wildman–Crippen LogP) is 1.10.